The third kappa shape index (κ3) is 6.37. The van der Waals surface area contributed by atoms with Crippen molar-refractivity contribution >= 4 is 17.3 Å². The standard InChI is InChI=1S/C28H33N3O3/c1-20-6-11-26(23(16-20)19-32)29-25-12-14-31(15-13-25)18-28(34)30-24-9-7-21(8-10-24)17-22-4-2-3-5-27(22)33/h2-11,16,25,29,32-33H,12-15,17-19H2,1H3,(H,30,34). The number of carbonyl (C=O) groups excluding carboxylic acids is 1. The molecule has 4 rings (SSSR count). The summed E-state index contributed by atoms with van der Waals surface area (Å²) in [6.45, 7) is 4.13. The molecule has 1 saturated heterocycles. The lowest BCUT2D eigenvalue weighted by Gasteiger charge is -2.32. The number of benzene rings is 3. The second kappa shape index (κ2) is 11.2. The van der Waals surface area contributed by atoms with Gasteiger partial charge < -0.3 is 20.8 Å². The first-order valence-corrected chi connectivity index (χ1v) is 11.8. The zero-order valence-electron chi connectivity index (χ0n) is 19.6. The second-order valence-corrected chi connectivity index (χ2v) is 9.06. The summed E-state index contributed by atoms with van der Waals surface area (Å²) in [5.41, 5.74) is 5.79. The Morgan fingerprint density at radius 2 is 1.74 bits per heavy atom. The highest BCUT2D eigenvalue weighted by Gasteiger charge is 2.21. The van der Waals surface area contributed by atoms with Crippen LogP contribution in [-0.2, 0) is 17.8 Å². The Balaban J connectivity index is 1.22. The van der Waals surface area contributed by atoms with Crippen LogP contribution in [0.15, 0.2) is 66.7 Å². The van der Waals surface area contributed by atoms with E-state index in [4.69, 9.17) is 0 Å². The van der Waals surface area contributed by atoms with Crippen molar-refractivity contribution in [2.45, 2.75) is 38.8 Å². The van der Waals surface area contributed by atoms with Crippen LogP contribution in [0, 0.1) is 6.92 Å². The average molecular weight is 460 g/mol. The summed E-state index contributed by atoms with van der Waals surface area (Å²) >= 11 is 0. The Bertz CT molecular complexity index is 1110. The Morgan fingerprint density at radius 3 is 2.44 bits per heavy atom. The van der Waals surface area contributed by atoms with E-state index in [0.717, 1.165) is 59.6 Å². The average Bonchev–Trinajstić information content (AvgIpc) is 2.84. The summed E-state index contributed by atoms with van der Waals surface area (Å²) in [6, 6.07) is 21.5. The Kier molecular flexibility index (Phi) is 7.83. The van der Waals surface area contributed by atoms with Crippen LogP contribution in [0.4, 0.5) is 11.4 Å². The number of anilines is 2. The van der Waals surface area contributed by atoms with E-state index in [1.165, 1.54) is 0 Å². The predicted octanol–water partition coefficient (Wildman–Crippen LogP) is 4.30. The number of piperidine rings is 1. The SMILES string of the molecule is Cc1ccc(NC2CCN(CC(=O)Nc3ccc(Cc4ccccc4O)cc3)CC2)c(CO)c1. The van der Waals surface area contributed by atoms with Gasteiger partial charge in [-0.3, -0.25) is 9.69 Å². The number of carbonyl (C=O) groups is 1. The largest absolute Gasteiger partial charge is 0.508 e. The molecule has 4 N–H and O–H groups in total. The molecule has 0 aromatic heterocycles. The summed E-state index contributed by atoms with van der Waals surface area (Å²) < 4.78 is 0. The molecule has 3 aromatic rings. The number of phenolic OH excluding ortho intramolecular Hbond substituents is 1. The summed E-state index contributed by atoms with van der Waals surface area (Å²) in [4.78, 5) is 14.7. The molecular formula is C28H33N3O3. The van der Waals surface area contributed by atoms with Gasteiger partial charge in [0.2, 0.25) is 5.91 Å². The molecule has 3 aromatic carbocycles. The number of nitrogens with zero attached hydrogens (tertiary/aromatic N) is 1. The molecule has 0 saturated carbocycles. The lowest BCUT2D eigenvalue weighted by molar-refractivity contribution is -0.117. The van der Waals surface area contributed by atoms with E-state index >= 15 is 0 Å². The molecular weight excluding hydrogens is 426 g/mol. The van der Waals surface area contributed by atoms with Gasteiger partial charge in [-0.25, -0.2) is 0 Å². The van der Waals surface area contributed by atoms with Gasteiger partial charge >= 0.3 is 0 Å². The maximum atomic E-state index is 12.6. The zero-order valence-corrected chi connectivity index (χ0v) is 19.6. The number of likely N-dealkylation sites (tertiary alicyclic amines) is 1. The van der Waals surface area contributed by atoms with Gasteiger partial charge in [-0.05, 0) is 55.2 Å². The van der Waals surface area contributed by atoms with Crippen molar-refractivity contribution in [1.82, 2.24) is 4.90 Å². The first-order chi connectivity index (χ1) is 16.5. The Hall–Kier alpha value is -3.35. The van der Waals surface area contributed by atoms with Crippen molar-refractivity contribution in [3.63, 3.8) is 0 Å². The van der Waals surface area contributed by atoms with E-state index in [-0.39, 0.29) is 12.5 Å². The topological polar surface area (TPSA) is 84.8 Å². The zero-order chi connectivity index (χ0) is 23.9. The van der Waals surface area contributed by atoms with Gasteiger partial charge in [0.15, 0.2) is 0 Å². The van der Waals surface area contributed by atoms with Crippen molar-refractivity contribution in [2.75, 3.05) is 30.3 Å². The molecule has 0 spiro atoms. The molecule has 34 heavy (non-hydrogen) atoms. The maximum Gasteiger partial charge on any atom is 0.238 e. The molecule has 1 amide bonds. The number of amides is 1. The van der Waals surface area contributed by atoms with Crippen molar-refractivity contribution in [2.24, 2.45) is 0 Å². The minimum Gasteiger partial charge on any atom is -0.508 e. The number of phenols is 1. The lowest BCUT2D eigenvalue weighted by Crippen LogP contribution is -2.42. The van der Waals surface area contributed by atoms with E-state index < -0.39 is 0 Å². The molecule has 178 valence electrons. The number of hydrogen-bond donors (Lipinski definition) is 4. The molecule has 0 atom stereocenters. The van der Waals surface area contributed by atoms with Crippen molar-refractivity contribution < 1.29 is 15.0 Å². The molecule has 0 aliphatic carbocycles. The summed E-state index contributed by atoms with van der Waals surface area (Å²) in [6.07, 6.45) is 2.55. The van der Waals surface area contributed by atoms with Crippen LogP contribution in [0.25, 0.3) is 0 Å². The van der Waals surface area contributed by atoms with Crippen LogP contribution in [0.5, 0.6) is 5.75 Å². The molecule has 0 bridgehead atoms. The van der Waals surface area contributed by atoms with Gasteiger partial charge in [0.05, 0.1) is 13.2 Å². The lowest BCUT2D eigenvalue weighted by atomic mass is 10.0. The third-order valence-electron chi connectivity index (χ3n) is 6.37. The number of para-hydroxylation sites is 1. The van der Waals surface area contributed by atoms with Crippen LogP contribution < -0.4 is 10.6 Å². The fourth-order valence-electron chi connectivity index (χ4n) is 4.44. The van der Waals surface area contributed by atoms with Crippen molar-refractivity contribution in [3.8, 4) is 5.75 Å². The monoisotopic (exact) mass is 459 g/mol. The highest BCUT2D eigenvalue weighted by Crippen LogP contribution is 2.23. The maximum absolute atomic E-state index is 12.6. The van der Waals surface area contributed by atoms with Gasteiger partial charge in [0.1, 0.15) is 5.75 Å². The quantitative estimate of drug-likeness (QED) is 0.404. The van der Waals surface area contributed by atoms with E-state index in [9.17, 15) is 15.0 Å². The Labute approximate surface area is 201 Å². The minimum atomic E-state index is -0.0130. The van der Waals surface area contributed by atoms with E-state index in [0.29, 0.717) is 24.8 Å². The van der Waals surface area contributed by atoms with Crippen molar-refractivity contribution in [3.05, 3.63) is 89.0 Å². The number of aliphatic hydroxyl groups is 1. The number of aliphatic hydroxyl groups excluding tert-OH is 1. The summed E-state index contributed by atoms with van der Waals surface area (Å²) in [7, 11) is 0. The van der Waals surface area contributed by atoms with E-state index in [1.54, 1.807) is 6.07 Å². The minimum absolute atomic E-state index is 0.0130. The fourth-order valence-corrected chi connectivity index (χ4v) is 4.44. The van der Waals surface area contributed by atoms with Gasteiger partial charge in [0, 0.05) is 42.5 Å². The Morgan fingerprint density at radius 1 is 1.00 bits per heavy atom. The molecule has 6 nitrogen and oxygen atoms in total. The third-order valence-corrected chi connectivity index (χ3v) is 6.37. The highest BCUT2D eigenvalue weighted by atomic mass is 16.3. The number of nitrogens with one attached hydrogen (secondary N) is 2. The summed E-state index contributed by atoms with van der Waals surface area (Å²) in [5.74, 6) is 0.285. The predicted molar refractivity (Wildman–Crippen MR) is 136 cm³/mol. The smallest absolute Gasteiger partial charge is 0.238 e. The van der Waals surface area contributed by atoms with Crippen LogP contribution >= 0.6 is 0 Å². The number of hydrogen-bond acceptors (Lipinski definition) is 5. The summed E-state index contributed by atoms with van der Waals surface area (Å²) in [5, 5.41) is 26.1. The highest BCUT2D eigenvalue weighted by molar-refractivity contribution is 5.92. The van der Waals surface area contributed by atoms with Crippen LogP contribution in [0.3, 0.4) is 0 Å². The van der Waals surface area contributed by atoms with Gasteiger partial charge in [-0.1, -0.05) is 48.0 Å². The molecule has 1 aliphatic rings. The second-order valence-electron chi connectivity index (χ2n) is 9.06. The van der Waals surface area contributed by atoms with E-state index in [2.05, 4.69) is 21.6 Å². The van der Waals surface area contributed by atoms with Gasteiger partial charge in [-0.2, -0.15) is 0 Å². The van der Waals surface area contributed by atoms with Gasteiger partial charge in [0.25, 0.3) is 0 Å². The van der Waals surface area contributed by atoms with E-state index in [1.807, 2.05) is 61.5 Å². The van der Waals surface area contributed by atoms with Crippen LogP contribution in [0.2, 0.25) is 0 Å². The number of aryl methyl sites for hydroxylation is 1. The first-order valence-electron chi connectivity index (χ1n) is 11.8. The molecule has 1 aliphatic heterocycles. The molecule has 6 heteroatoms. The number of rotatable bonds is 8. The number of aromatic hydroxyl groups is 1. The van der Waals surface area contributed by atoms with Gasteiger partial charge in [-0.15, -0.1) is 0 Å². The van der Waals surface area contributed by atoms with Crippen LogP contribution in [0.1, 0.15) is 35.1 Å². The molecule has 0 radical (unpaired) electrons. The van der Waals surface area contributed by atoms with Crippen molar-refractivity contribution in [1.29, 1.82) is 0 Å². The normalized spacial score (nSPS) is 14.6. The molecule has 1 fully saturated rings. The van der Waals surface area contributed by atoms with Crippen LogP contribution in [-0.4, -0.2) is 46.7 Å². The fraction of sp³-hybridized carbons (Fsp3) is 0.321. The molecule has 0 unspecified atom stereocenters. The molecule has 1 heterocycles. The first kappa shape index (κ1) is 23.8.